The Hall–Kier alpha value is -1.02. The number of allylic oxidation sites excluding steroid dienone is 4. The number of nitrogens with zero attached hydrogens (tertiary/aromatic N) is 1. The van der Waals surface area contributed by atoms with Gasteiger partial charge in [-0.25, -0.2) is 4.57 Å². The number of esters is 1. The Morgan fingerprint density at radius 1 is 0.500 bits per heavy atom. The van der Waals surface area contributed by atoms with Crippen LogP contribution in [0.3, 0.4) is 0 Å². The van der Waals surface area contributed by atoms with E-state index >= 15 is 0 Å². The lowest BCUT2D eigenvalue weighted by Crippen LogP contribution is -2.37. The molecule has 0 bridgehead atoms. The molecule has 2 unspecified atom stereocenters. The molecule has 0 spiro atoms. The van der Waals surface area contributed by atoms with Gasteiger partial charge in [-0.2, -0.15) is 0 Å². The zero-order valence-electron chi connectivity index (χ0n) is 41.9. The van der Waals surface area contributed by atoms with Gasteiger partial charge in [0, 0.05) is 13.0 Å². The highest BCUT2D eigenvalue weighted by Gasteiger charge is 2.26. The Labute approximate surface area is 385 Å². The maximum Gasteiger partial charge on any atom is 0.472 e. The van der Waals surface area contributed by atoms with Crippen molar-refractivity contribution >= 4 is 13.8 Å². The fourth-order valence-corrected chi connectivity index (χ4v) is 8.37. The highest BCUT2D eigenvalue weighted by Crippen LogP contribution is 2.43. The molecule has 2 atom stereocenters. The molecule has 0 aromatic carbocycles. The summed E-state index contributed by atoms with van der Waals surface area (Å²) >= 11 is 0. The average Bonchev–Trinajstić information content (AvgIpc) is 3.23. The van der Waals surface area contributed by atoms with Crippen molar-refractivity contribution in [3.63, 3.8) is 0 Å². The molecule has 0 radical (unpaired) electrons. The lowest BCUT2D eigenvalue weighted by atomic mass is 10.0. The quantitative estimate of drug-likeness (QED) is 0.0214. The van der Waals surface area contributed by atoms with Crippen molar-refractivity contribution in [1.29, 1.82) is 0 Å². The number of phosphoric acid groups is 1. The number of phosphoric ester groups is 1. The highest BCUT2D eigenvalue weighted by atomic mass is 31.2. The third-order valence-electron chi connectivity index (χ3n) is 11.8. The molecule has 1 N–H and O–H groups in total. The second kappa shape index (κ2) is 46.5. The topological polar surface area (TPSA) is 91.3 Å². The Kier molecular flexibility index (Phi) is 45.7. The molecule has 0 saturated carbocycles. The molecule has 0 fully saturated rings. The van der Waals surface area contributed by atoms with Gasteiger partial charge in [-0.1, -0.05) is 231 Å². The van der Waals surface area contributed by atoms with Gasteiger partial charge in [0.15, 0.2) is 0 Å². The lowest BCUT2D eigenvalue weighted by Gasteiger charge is -2.24. The summed E-state index contributed by atoms with van der Waals surface area (Å²) in [6.45, 7) is 5.61. The molecule has 0 aliphatic carbocycles. The molecule has 0 aromatic heterocycles. The van der Waals surface area contributed by atoms with Gasteiger partial charge in [0.2, 0.25) is 0 Å². The molecule has 368 valence electrons. The number of hydrogen-bond donors (Lipinski definition) is 1. The first-order chi connectivity index (χ1) is 30.1. The minimum atomic E-state index is -4.28. The molecule has 8 nitrogen and oxygen atoms in total. The minimum absolute atomic E-state index is 0.0886. The number of ether oxygens (including phenoxy) is 2. The number of unbranched alkanes of at least 4 members (excludes halogenated alkanes) is 32. The second-order valence-electron chi connectivity index (χ2n) is 19.3. The van der Waals surface area contributed by atoms with E-state index in [1.54, 1.807) is 0 Å². The molecule has 0 heterocycles. The van der Waals surface area contributed by atoms with E-state index in [0.717, 1.165) is 44.9 Å². The van der Waals surface area contributed by atoms with Crippen LogP contribution in [0.15, 0.2) is 24.3 Å². The van der Waals surface area contributed by atoms with Crippen molar-refractivity contribution in [3.8, 4) is 0 Å². The van der Waals surface area contributed by atoms with Gasteiger partial charge < -0.3 is 18.9 Å². The van der Waals surface area contributed by atoms with Gasteiger partial charge in [0.05, 0.1) is 34.4 Å². The van der Waals surface area contributed by atoms with E-state index in [2.05, 4.69) is 38.2 Å². The fourth-order valence-electron chi connectivity index (χ4n) is 7.63. The van der Waals surface area contributed by atoms with Crippen LogP contribution in [0.2, 0.25) is 0 Å². The van der Waals surface area contributed by atoms with Gasteiger partial charge in [-0.3, -0.25) is 13.8 Å². The standard InChI is InChI=1S/C53H104NO7P/c1-6-8-10-12-14-16-18-20-22-23-24-25-26-27-28-29-30-31-32-34-36-38-40-42-44-46-53(55)61-52(51-60-62(56,57)59-49-47-54(3,4)5)50-58-48-45-43-41-39-37-35-33-21-19-17-15-13-11-9-7-2/h13,15,19,21,52H,6-12,14,16-18,20,22-51H2,1-5H3/p+1/b15-13-,21-19-. The normalized spacial score (nSPS) is 13.7. The molecule has 0 aliphatic heterocycles. The predicted octanol–water partition coefficient (Wildman–Crippen LogP) is 16.3. The van der Waals surface area contributed by atoms with Crippen LogP contribution >= 0.6 is 7.82 Å². The number of carbonyl (C=O) groups excluding carboxylic acids is 1. The first-order valence-electron chi connectivity index (χ1n) is 26.6. The summed E-state index contributed by atoms with van der Waals surface area (Å²) in [7, 11) is 1.67. The zero-order chi connectivity index (χ0) is 45.5. The van der Waals surface area contributed by atoms with Crippen LogP contribution in [0.25, 0.3) is 0 Å². The van der Waals surface area contributed by atoms with E-state index < -0.39 is 13.9 Å². The van der Waals surface area contributed by atoms with Crippen molar-refractivity contribution < 1.29 is 37.3 Å². The van der Waals surface area contributed by atoms with Crippen molar-refractivity contribution in [2.24, 2.45) is 0 Å². The average molecular weight is 899 g/mol. The van der Waals surface area contributed by atoms with Gasteiger partial charge in [0.25, 0.3) is 0 Å². The summed E-state index contributed by atoms with van der Waals surface area (Å²) < 4.78 is 35.1. The molecule has 0 saturated heterocycles. The van der Waals surface area contributed by atoms with E-state index in [9.17, 15) is 14.3 Å². The maximum atomic E-state index is 12.8. The van der Waals surface area contributed by atoms with Crippen molar-refractivity contribution in [2.75, 3.05) is 54.1 Å². The van der Waals surface area contributed by atoms with E-state index in [-0.39, 0.29) is 25.8 Å². The van der Waals surface area contributed by atoms with Crippen LogP contribution in [-0.4, -0.2) is 75.6 Å². The van der Waals surface area contributed by atoms with Crippen LogP contribution in [-0.2, 0) is 27.9 Å². The molecular formula is C53H105NO7P+. The van der Waals surface area contributed by atoms with Crippen molar-refractivity contribution in [2.45, 2.75) is 258 Å². The largest absolute Gasteiger partial charge is 0.472 e. The molecule has 0 aromatic rings. The number of hydrogen-bond acceptors (Lipinski definition) is 6. The second-order valence-corrected chi connectivity index (χ2v) is 20.7. The van der Waals surface area contributed by atoms with Crippen molar-refractivity contribution in [1.82, 2.24) is 0 Å². The fraction of sp³-hybridized carbons (Fsp3) is 0.906. The molecule has 0 aliphatic rings. The predicted molar refractivity (Wildman–Crippen MR) is 266 cm³/mol. The van der Waals surface area contributed by atoms with Crippen LogP contribution in [0, 0.1) is 0 Å². The summed E-state index contributed by atoms with van der Waals surface area (Å²) in [5, 5.41) is 0. The molecule has 9 heteroatoms. The molecular weight excluding hydrogens is 794 g/mol. The Bertz CT molecular complexity index is 1050. The van der Waals surface area contributed by atoms with E-state index in [1.807, 2.05) is 21.1 Å². The number of rotatable bonds is 50. The molecule has 0 rings (SSSR count). The number of quaternary nitrogens is 1. The highest BCUT2D eigenvalue weighted by molar-refractivity contribution is 7.47. The van der Waals surface area contributed by atoms with Crippen LogP contribution in [0.1, 0.15) is 251 Å². The first kappa shape index (κ1) is 61.0. The summed E-state index contributed by atoms with van der Waals surface area (Å²) in [5.74, 6) is -0.312. The zero-order valence-corrected chi connectivity index (χ0v) is 42.8. The maximum absolute atomic E-state index is 12.8. The summed E-state index contributed by atoms with van der Waals surface area (Å²) in [6.07, 6.45) is 55.2. The third-order valence-corrected chi connectivity index (χ3v) is 12.7. The van der Waals surface area contributed by atoms with Gasteiger partial charge >= 0.3 is 13.8 Å². The number of likely N-dealkylation sites (N-methyl/N-ethyl adjacent to an activating group) is 1. The molecule has 0 amide bonds. The van der Waals surface area contributed by atoms with Gasteiger partial charge in [-0.15, -0.1) is 0 Å². The van der Waals surface area contributed by atoms with Crippen LogP contribution < -0.4 is 0 Å². The SMILES string of the molecule is CCCC/C=C\C/C=C\CCCCCCCCOCC(COP(=O)(O)OCC[N+](C)(C)C)OC(=O)CCCCCCCCCCCCCCCCCCCCCCCCCCC. The summed E-state index contributed by atoms with van der Waals surface area (Å²) in [5.41, 5.74) is 0. The smallest absolute Gasteiger partial charge is 0.457 e. The van der Waals surface area contributed by atoms with Crippen molar-refractivity contribution in [3.05, 3.63) is 24.3 Å². The van der Waals surface area contributed by atoms with Gasteiger partial charge in [0.1, 0.15) is 19.3 Å². The van der Waals surface area contributed by atoms with Crippen LogP contribution in [0.4, 0.5) is 0 Å². The summed E-state index contributed by atoms with van der Waals surface area (Å²) in [6, 6.07) is 0. The minimum Gasteiger partial charge on any atom is -0.457 e. The lowest BCUT2D eigenvalue weighted by molar-refractivity contribution is -0.870. The van der Waals surface area contributed by atoms with E-state index in [1.165, 1.54) is 186 Å². The third kappa shape index (κ3) is 50.0. The first-order valence-corrected chi connectivity index (χ1v) is 28.1. The Balaban J connectivity index is 4.04. The summed E-state index contributed by atoms with van der Waals surface area (Å²) in [4.78, 5) is 23.0. The monoisotopic (exact) mass is 899 g/mol. The van der Waals surface area contributed by atoms with Crippen LogP contribution in [0.5, 0.6) is 0 Å². The number of carbonyl (C=O) groups is 1. The van der Waals surface area contributed by atoms with E-state index in [0.29, 0.717) is 24.1 Å². The van der Waals surface area contributed by atoms with Gasteiger partial charge in [-0.05, 0) is 38.5 Å². The Morgan fingerprint density at radius 3 is 1.35 bits per heavy atom. The molecule has 62 heavy (non-hydrogen) atoms. The Morgan fingerprint density at radius 2 is 0.903 bits per heavy atom. The van der Waals surface area contributed by atoms with E-state index in [4.69, 9.17) is 18.5 Å².